The highest BCUT2D eigenvalue weighted by Crippen LogP contribution is 2.35. The Bertz CT molecular complexity index is 1340. The molecule has 0 aliphatic heterocycles. The van der Waals surface area contributed by atoms with Crippen LogP contribution < -0.4 is 5.32 Å². The zero-order chi connectivity index (χ0) is 24.2. The molecule has 0 bridgehead atoms. The molecule has 3 aromatic carbocycles. The molecule has 1 aromatic heterocycles. The predicted molar refractivity (Wildman–Crippen MR) is 141 cm³/mol. The molecular formula is C26H24Cl2N4OS. The summed E-state index contributed by atoms with van der Waals surface area (Å²) >= 11 is 14.0. The third-order valence-corrected chi connectivity index (χ3v) is 6.72. The van der Waals surface area contributed by atoms with Crippen LogP contribution >= 0.6 is 35.0 Å². The summed E-state index contributed by atoms with van der Waals surface area (Å²) in [6.45, 7) is 6.27. The van der Waals surface area contributed by atoms with E-state index >= 15 is 0 Å². The Hall–Kier alpha value is -2.80. The van der Waals surface area contributed by atoms with E-state index in [4.69, 9.17) is 23.2 Å². The highest BCUT2D eigenvalue weighted by Gasteiger charge is 2.21. The lowest BCUT2D eigenvalue weighted by molar-refractivity contribution is -0.113. The molecule has 0 fully saturated rings. The van der Waals surface area contributed by atoms with Crippen molar-refractivity contribution in [2.24, 2.45) is 0 Å². The molecule has 0 saturated carbocycles. The number of carbonyl (C=O) groups is 1. The monoisotopic (exact) mass is 510 g/mol. The Labute approximate surface area is 213 Å². The maximum atomic E-state index is 12.7. The number of para-hydroxylation sites is 1. The molecule has 1 N–H and O–H groups in total. The first-order valence-electron chi connectivity index (χ1n) is 10.8. The average molecular weight is 511 g/mol. The highest BCUT2D eigenvalue weighted by atomic mass is 35.5. The first-order chi connectivity index (χ1) is 16.3. The van der Waals surface area contributed by atoms with E-state index in [9.17, 15) is 4.79 Å². The average Bonchev–Trinajstić information content (AvgIpc) is 3.21. The molecular weight excluding hydrogens is 487 g/mol. The Morgan fingerprint density at radius 2 is 1.82 bits per heavy atom. The van der Waals surface area contributed by atoms with Gasteiger partial charge in [-0.1, -0.05) is 79.1 Å². The lowest BCUT2D eigenvalue weighted by Gasteiger charge is -2.17. The molecule has 0 spiro atoms. The number of rotatable bonds is 7. The molecule has 174 valence electrons. The Kier molecular flexibility index (Phi) is 7.61. The number of aromatic nitrogens is 3. The van der Waals surface area contributed by atoms with E-state index in [-0.39, 0.29) is 17.6 Å². The minimum atomic E-state index is -0.117. The third-order valence-electron chi connectivity index (χ3n) is 5.24. The lowest BCUT2D eigenvalue weighted by atomic mass is 10.0. The van der Waals surface area contributed by atoms with Crippen LogP contribution in [0.25, 0.3) is 17.1 Å². The molecule has 1 heterocycles. The van der Waals surface area contributed by atoms with Gasteiger partial charge in [-0.3, -0.25) is 9.36 Å². The summed E-state index contributed by atoms with van der Waals surface area (Å²) in [6.07, 6.45) is 0. The zero-order valence-electron chi connectivity index (χ0n) is 19.0. The Morgan fingerprint density at radius 1 is 1.03 bits per heavy atom. The minimum absolute atomic E-state index is 0.117. The van der Waals surface area contributed by atoms with Crippen molar-refractivity contribution in [2.45, 2.75) is 31.8 Å². The molecule has 0 saturated heterocycles. The Balaban J connectivity index is 1.70. The number of halogens is 2. The fourth-order valence-electron chi connectivity index (χ4n) is 3.66. The van der Waals surface area contributed by atoms with E-state index in [1.807, 2.05) is 60.0 Å². The maximum Gasteiger partial charge on any atom is 0.234 e. The first-order valence-corrected chi connectivity index (χ1v) is 12.6. The van der Waals surface area contributed by atoms with Crippen molar-refractivity contribution < 1.29 is 4.79 Å². The number of nitrogens with one attached hydrogen (secondary N) is 1. The van der Waals surface area contributed by atoms with Crippen LogP contribution in [0.1, 0.15) is 30.9 Å². The second-order valence-corrected chi connectivity index (χ2v) is 9.97. The van der Waals surface area contributed by atoms with Gasteiger partial charge in [0, 0.05) is 16.3 Å². The maximum absolute atomic E-state index is 12.7. The standard InChI is InChI=1S/C26H24Cl2N4OS/c1-16(2)20-9-4-5-10-23(20)32-25(21-12-11-18(27)14-22(21)28)30-31-26(32)34-15-24(33)29-19-8-6-7-17(3)13-19/h4-14,16H,15H2,1-3H3,(H,29,33). The van der Waals surface area contributed by atoms with Gasteiger partial charge in [0.05, 0.1) is 16.5 Å². The number of carbonyl (C=O) groups excluding carboxylic acids is 1. The van der Waals surface area contributed by atoms with Crippen LogP contribution in [0.4, 0.5) is 5.69 Å². The zero-order valence-corrected chi connectivity index (χ0v) is 21.4. The van der Waals surface area contributed by atoms with Gasteiger partial charge in [-0.15, -0.1) is 10.2 Å². The summed E-state index contributed by atoms with van der Waals surface area (Å²) in [5.74, 6) is 0.934. The number of hydrogen-bond acceptors (Lipinski definition) is 4. The van der Waals surface area contributed by atoms with Crippen LogP contribution in [0.15, 0.2) is 71.9 Å². The van der Waals surface area contributed by atoms with Gasteiger partial charge < -0.3 is 5.32 Å². The van der Waals surface area contributed by atoms with Crippen LogP contribution in [-0.2, 0) is 4.79 Å². The van der Waals surface area contributed by atoms with E-state index in [0.29, 0.717) is 26.6 Å². The normalized spacial score (nSPS) is 11.1. The second-order valence-electron chi connectivity index (χ2n) is 8.19. The highest BCUT2D eigenvalue weighted by molar-refractivity contribution is 7.99. The second kappa shape index (κ2) is 10.6. The van der Waals surface area contributed by atoms with Crippen molar-refractivity contribution in [3.63, 3.8) is 0 Å². The first kappa shape index (κ1) is 24.3. The van der Waals surface area contributed by atoms with Gasteiger partial charge in [-0.25, -0.2) is 0 Å². The van der Waals surface area contributed by atoms with Crippen molar-refractivity contribution in [1.82, 2.24) is 14.8 Å². The fraction of sp³-hybridized carbons (Fsp3) is 0.192. The number of anilines is 1. The van der Waals surface area contributed by atoms with Crippen molar-refractivity contribution >= 4 is 46.6 Å². The van der Waals surface area contributed by atoms with Crippen molar-refractivity contribution in [3.8, 4) is 17.1 Å². The SMILES string of the molecule is Cc1cccc(NC(=O)CSc2nnc(-c3ccc(Cl)cc3Cl)n2-c2ccccc2C(C)C)c1. The summed E-state index contributed by atoms with van der Waals surface area (Å²) in [6, 6.07) is 21.1. The molecule has 0 aliphatic rings. The van der Waals surface area contributed by atoms with Gasteiger partial charge in [-0.2, -0.15) is 0 Å². The van der Waals surface area contributed by atoms with Crippen LogP contribution in [0.3, 0.4) is 0 Å². The van der Waals surface area contributed by atoms with Crippen molar-refractivity contribution in [1.29, 1.82) is 0 Å². The van der Waals surface area contributed by atoms with Gasteiger partial charge in [0.15, 0.2) is 11.0 Å². The summed E-state index contributed by atoms with van der Waals surface area (Å²) in [7, 11) is 0. The lowest BCUT2D eigenvalue weighted by Crippen LogP contribution is -2.14. The van der Waals surface area contributed by atoms with Gasteiger partial charge >= 0.3 is 0 Å². The van der Waals surface area contributed by atoms with Gasteiger partial charge in [-0.05, 0) is 60.4 Å². The molecule has 5 nitrogen and oxygen atoms in total. The van der Waals surface area contributed by atoms with Gasteiger partial charge in [0.25, 0.3) is 0 Å². The van der Waals surface area contributed by atoms with Crippen LogP contribution in [0, 0.1) is 6.92 Å². The molecule has 34 heavy (non-hydrogen) atoms. The Morgan fingerprint density at radius 3 is 2.56 bits per heavy atom. The van der Waals surface area contributed by atoms with Crippen LogP contribution in [0.5, 0.6) is 0 Å². The van der Waals surface area contributed by atoms with E-state index < -0.39 is 0 Å². The van der Waals surface area contributed by atoms with Crippen LogP contribution in [0.2, 0.25) is 10.0 Å². The van der Waals surface area contributed by atoms with E-state index in [1.165, 1.54) is 11.8 Å². The molecule has 0 unspecified atom stereocenters. The van der Waals surface area contributed by atoms with E-state index in [0.717, 1.165) is 22.5 Å². The van der Waals surface area contributed by atoms with E-state index in [2.05, 4.69) is 35.4 Å². The summed E-state index contributed by atoms with van der Waals surface area (Å²) in [4.78, 5) is 12.7. The third kappa shape index (κ3) is 5.46. The molecule has 0 aliphatic carbocycles. The smallest absolute Gasteiger partial charge is 0.234 e. The van der Waals surface area contributed by atoms with Gasteiger partial charge in [0.1, 0.15) is 0 Å². The quantitative estimate of drug-likeness (QED) is 0.263. The molecule has 4 aromatic rings. The van der Waals surface area contributed by atoms with Crippen LogP contribution in [-0.4, -0.2) is 26.4 Å². The van der Waals surface area contributed by atoms with Crippen molar-refractivity contribution in [3.05, 3.63) is 87.9 Å². The fourth-order valence-corrected chi connectivity index (χ4v) is 4.89. The largest absolute Gasteiger partial charge is 0.325 e. The topological polar surface area (TPSA) is 59.8 Å². The molecule has 1 amide bonds. The minimum Gasteiger partial charge on any atom is -0.325 e. The number of benzene rings is 3. The predicted octanol–water partition coefficient (Wildman–Crippen LogP) is 7.40. The molecule has 0 atom stereocenters. The summed E-state index contributed by atoms with van der Waals surface area (Å²) < 4.78 is 1.97. The number of amides is 1. The summed E-state index contributed by atoms with van der Waals surface area (Å²) in [5, 5.41) is 13.5. The van der Waals surface area contributed by atoms with Gasteiger partial charge in [0.2, 0.25) is 5.91 Å². The number of nitrogens with zero attached hydrogens (tertiary/aromatic N) is 3. The van der Waals surface area contributed by atoms with Crippen molar-refractivity contribution in [2.75, 3.05) is 11.1 Å². The number of thioether (sulfide) groups is 1. The molecule has 0 radical (unpaired) electrons. The summed E-state index contributed by atoms with van der Waals surface area (Å²) in [5.41, 5.74) is 4.66. The van der Waals surface area contributed by atoms with E-state index in [1.54, 1.807) is 12.1 Å². The molecule has 8 heteroatoms. The number of aryl methyl sites for hydroxylation is 1. The number of hydrogen-bond donors (Lipinski definition) is 1. The molecule has 4 rings (SSSR count).